The van der Waals surface area contributed by atoms with E-state index in [4.69, 9.17) is 4.74 Å². The first-order chi connectivity index (χ1) is 5.33. The monoisotopic (exact) mass is 232 g/mol. The Labute approximate surface area is 80.3 Å². The second-order valence-electron chi connectivity index (χ2n) is 2.03. The van der Waals surface area contributed by atoms with Gasteiger partial charge in [0, 0.05) is 10.2 Å². The number of rotatable bonds is 3. The minimum atomic E-state index is 0.657. The van der Waals surface area contributed by atoms with Gasteiger partial charge in [0.15, 0.2) is 0 Å². The summed E-state index contributed by atoms with van der Waals surface area (Å²) in [6, 6.07) is 7.75. The Bertz CT molecular complexity index is 210. The Morgan fingerprint density at radius 1 is 1.27 bits per heavy atom. The normalized spacial score (nSPS) is 9.64. The number of halogens is 1. The molecule has 60 valence electrons. The minimum Gasteiger partial charge on any atom is -0.493 e. The first-order valence-corrected chi connectivity index (χ1v) is 4.74. The van der Waals surface area contributed by atoms with Gasteiger partial charge in [0.2, 0.25) is 0 Å². The molecular weight excluding hydrogens is 224 g/mol. The Morgan fingerprint density at radius 3 is 2.45 bits per heavy atom. The minimum absolute atomic E-state index is 0.657. The van der Waals surface area contributed by atoms with Crippen LogP contribution in [0.4, 0.5) is 0 Å². The van der Waals surface area contributed by atoms with Crippen molar-refractivity contribution in [1.82, 2.24) is 0 Å². The number of hydrogen-bond acceptors (Lipinski definition) is 2. The van der Waals surface area contributed by atoms with Crippen LogP contribution in [0.2, 0.25) is 0 Å². The molecule has 0 radical (unpaired) electrons. The maximum absolute atomic E-state index is 5.31. The summed E-state index contributed by atoms with van der Waals surface area (Å²) in [5.41, 5.74) is 0. The molecule has 0 fully saturated rings. The molecule has 3 heteroatoms. The average Bonchev–Trinajstić information content (AvgIpc) is 2.04. The van der Waals surface area contributed by atoms with Gasteiger partial charge in [0.1, 0.15) is 5.75 Å². The van der Waals surface area contributed by atoms with Gasteiger partial charge in [-0.1, -0.05) is 15.9 Å². The summed E-state index contributed by atoms with van der Waals surface area (Å²) < 4.78 is 6.38. The maximum Gasteiger partial charge on any atom is 0.119 e. The van der Waals surface area contributed by atoms with Crippen LogP contribution >= 0.6 is 28.6 Å². The molecule has 0 amide bonds. The predicted octanol–water partition coefficient (Wildman–Crippen LogP) is 2.76. The molecule has 0 saturated heterocycles. The molecule has 0 aliphatic carbocycles. The first-order valence-electron chi connectivity index (χ1n) is 3.32. The lowest BCUT2D eigenvalue weighted by atomic mass is 10.3. The van der Waals surface area contributed by atoms with Crippen LogP contribution in [0.1, 0.15) is 0 Å². The Balaban J connectivity index is 2.52. The molecule has 1 aromatic carbocycles. The van der Waals surface area contributed by atoms with Crippen LogP contribution in [0.5, 0.6) is 5.75 Å². The Kier molecular flexibility index (Phi) is 3.80. The van der Waals surface area contributed by atoms with E-state index < -0.39 is 0 Å². The lowest BCUT2D eigenvalue weighted by Gasteiger charge is -2.02. The SMILES string of the molecule is SCCOc1ccc(Br)cc1. The third-order valence-electron chi connectivity index (χ3n) is 1.17. The van der Waals surface area contributed by atoms with E-state index in [2.05, 4.69) is 28.6 Å². The summed E-state index contributed by atoms with van der Waals surface area (Å²) in [7, 11) is 0. The van der Waals surface area contributed by atoms with Gasteiger partial charge in [-0.2, -0.15) is 12.6 Å². The number of benzene rings is 1. The van der Waals surface area contributed by atoms with Crippen molar-refractivity contribution in [3.05, 3.63) is 28.7 Å². The van der Waals surface area contributed by atoms with E-state index in [-0.39, 0.29) is 0 Å². The molecule has 11 heavy (non-hydrogen) atoms. The van der Waals surface area contributed by atoms with Crippen molar-refractivity contribution in [2.24, 2.45) is 0 Å². The van der Waals surface area contributed by atoms with Gasteiger partial charge in [-0.3, -0.25) is 0 Å². The fourth-order valence-corrected chi connectivity index (χ4v) is 1.05. The van der Waals surface area contributed by atoms with Gasteiger partial charge >= 0.3 is 0 Å². The quantitative estimate of drug-likeness (QED) is 0.790. The smallest absolute Gasteiger partial charge is 0.119 e. The van der Waals surface area contributed by atoms with Crippen LogP contribution in [-0.4, -0.2) is 12.4 Å². The molecule has 0 heterocycles. The molecule has 0 aromatic heterocycles. The molecular formula is C8H9BrOS. The lowest BCUT2D eigenvalue weighted by Crippen LogP contribution is -1.97. The molecule has 1 rings (SSSR count). The summed E-state index contributed by atoms with van der Waals surface area (Å²) >= 11 is 7.38. The van der Waals surface area contributed by atoms with Crippen LogP contribution in [0.15, 0.2) is 28.7 Å². The van der Waals surface area contributed by atoms with Gasteiger partial charge in [-0.05, 0) is 24.3 Å². The van der Waals surface area contributed by atoms with Gasteiger partial charge in [-0.25, -0.2) is 0 Å². The standard InChI is InChI=1S/C8H9BrOS/c9-7-1-3-8(4-2-7)10-5-6-11/h1-4,11H,5-6H2. The number of thiol groups is 1. The molecule has 1 aromatic rings. The van der Waals surface area contributed by atoms with Crippen LogP contribution in [-0.2, 0) is 0 Å². The predicted molar refractivity (Wildman–Crippen MR) is 53.5 cm³/mol. The second kappa shape index (κ2) is 4.67. The van der Waals surface area contributed by atoms with E-state index in [9.17, 15) is 0 Å². The van der Waals surface area contributed by atoms with Crippen molar-refractivity contribution >= 4 is 28.6 Å². The zero-order valence-electron chi connectivity index (χ0n) is 5.96. The van der Waals surface area contributed by atoms with Crippen molar-refractivity contribution in [3.8, 4) is 5.75 Å². The molecule has 0 saturated carbocycles. The van der Waals surface area contributed by atoms with Gasteiger partial charge in [-0.15, -0.1) is 0 Å². The highest BCUT2D eigenvalue weighted by Crippen LogP contribution is 2.15. The summed E-state index contributed by atoms with van der Waals surface area (Å²) in [6.45, 7) is 0.657. The van der Waals surface area contributed by atoms with Crippen molar-refractivity contribution in [1.29, 1.82) is 0 Å². The topological polar surface area (TPSA) is 9.23 Å². The highest BCUT2D eigenvalue weighted by molar-refractivity contribution is 9.10. The molecule has 0 spiro atoms. The van der Waals surface area contributed by atoms with Crippen LogP contribution in [0.25, 0.3) is 0 Å². The van der Waals surface area contributed by atoms with Crippen LogP contribution in [0, 0.1) is 0 Å². The molecule has 1 nitrogen and oxygen atoms in total. The van der Waals surface area contributed by atoms with E-state index in [1.165, 1.54) is 0 Å². The highest BCUT2D eigenvalue weighted by atomic mass is 79.9. The molecule has 0 aliphatic heterocycles. The van der Waals surface area contributed by atoms with E-state index in [1.807, 2.05) is 24.3 Å². The van der Waals surface area contributed by atoms with E-state index in [1.54, 1.807) is 0 Å². The third kappa shape index (κ3) is 3.16. The molecule has 0 unspecified atom stereocenters. The van der Waals surface area contributed by atoms with Crippen LogP contribution in [0.3, 0.4) is 0 Å². The largest absolute Gasteiger partial charge is 0.493 e. The Hall–Kier alpha value is -0.150. The maximum atomic E-state index is 5.31. The van der Waals surface area contributed by atoms with Gasteiger partial charge in [0.05, 0.1) is 6.61 Å². The zero-order valence-corrected chi connectivity index (χ0v) is 8.44. The van der Waals surface area contributed by atoms with Crippen molar-refractivity contribution in [2.75, 3.05) is 12.4 Å². The summed E-state index contributed by atoms with van der Waals surface area (Å²) in [5, 5.41) is 0. The van der Waals surface area contributed by atoms with E-state index >= 15 is 0 Å². The zero-order chi connectivity index (χ0) is 8.10. The third-order valence-corrected chi connectivity index (χ3v) is 1.88. The van der Waals surface area contributed by atoms with E-state index in [0.717, 1.165) is 16.0 Å². The fourth-order valence-electron chi connectivity index (χ4n) is 0.694. The Morgan fingerprint density at radius 2 is 1.91 bits per heavy atom. The highest BCUT2D eigenvalue weighted by Gasteiger charge is 1.90. The van der Waals surface area contributed by atoms with Crippen molar-refractivity contribution in [2.45, 2.75) is 0 Å². The molecule has 0 aliphatic rings. The first kappa shape index (κ1) is 8.94. The van der Waals surface area contributed by atoms with Crippen molar-refractivity contribution < 1.29 is 4.74 Å². The van der Waals surface area contributed by atoms with Gasteiger partial charge < -0.3 is 4.74 Å². The van der Waals surface area contributed by atoms with Crippen molar-refractivity contribution in [3.63, 3.8) is 0 Å². The molecule has 0 N–H and O–H groups in total. The van der Waals surface area contributed by atoms with Crippen LogP contribution < -0.4 is 4.74 Å². The number of hydrogen-bond donors (Lipinski definition) is 1. The molecule has 0 bridgehead atoms. The second-order valence-corrected chi connectivity index (χ2v) is 3.39. The average molecular weight is 233 g/mol. The summed E-state index contributed by atoms with van der Waals surface area (Å²) in [4.78, 5) is 0. The summed E-state index contributed by atoms with van der Waals surface area (Å²) in [6.07, 6.45) is 0. The summed E-state index contributed by atoms with van der Waals surface area (Å²) in [5.74, 6) is 1.64. The molecule has 0 atom stereocenters. The van der Waals surface area contributed by atoms with E-state index in [0.29, 0.717) is 6.61 Å². The fraction of sp³-hybridized carbons (Fsp3) is 0.250. The van der Waals surface area contributed by atoms with Gasteiger partial charge in [0.25, 0.3) is 0 Å². The number of ether oxygens (including phenoxy) is 1. The lowest BCUT2D eigenvalue weighted by molar-refractivity contribution is 0.344.